The fourth-order valence-corrected chi connectivity index (χ4v) is 5.27. The number of likely N-dealkylation sites (tertiary alicyclic amines) is 1. The van der Waals surface area contributed by atoms with Gasteiger partial charge in [0.15, 0.2) is 0 Å². The molecule has 4 atom stereocenters. The molecule has 148 valence electrons. The minimum Gasteiger partial charge on any atom is -0.324 e. The van der Waals surface area contributed by atoms with Gasteiger partial charge in [-0.15, -0.1) is 0 Å². The van der Waals surface area contributed by atoms with Crippen LogP contribution < -0.4 is 10.6 Å². The summed E-state index contributed by atoms with van der Waals surface area (Å²) in [5.41, 5.74) is 1.06. The number of carbonyl (C=O) groups excluding carboxylic acids is 3. The van der Waals surface area contributed by atoms with Crippen molar-refractivity contribution in [3.8, 4) is 0 Å². The zero-order valence-corrected chi connectivity index (χ0v) is 16.6. The number of amides is 3. The number of hydrogen-bond donors (Lipinski definition) is 2. The lowest BCUT2D eigenvalue weighted by molar-refractivity contribution is -0.142. The Morgan fingerprint density at radius 3 is 2.59 bits per heavy atom. The molecule has 3 aliphatic rings. The topological polar surface area (TPSA) is 78.5 Å². The second kappa shape index (κ2) is 6.40. The molecule has 3 aliphatic heterocycles. The Morgan fingerprint density at radius 1 is 1.07 bits per heavy atom. The van der Waals surface area contributed by atoms with Crippen LogP contribution in [-0.2, 0) is 26.3 Å². The first-order chi connectivity index (χ1) is 13.9. The molecule has 2 saturated heterocycles. The number of nitrogens with one attached hydrogen (secondary N) is 2. The Bertz CT molecular complexity index is 1040. The largest absolute Gasteiger partial charge is 0.324 e. The molecule has 2 aromatic rings. The second-order valence-corrected chi connectivity index (χ2v) is 8.39. The summed E-state index contributed by atoms with van der Waals surface area (Å²) < 4.78 is 0. The highest BCUT2D eigenvalue weighted by Gasteiger charge is 2.69. The van der Waals surface area contributed by atoms with Gasteiger partial charge in [0.05, 0.1) is 11.8 Å². The molecule has 5 rings (SSSR count). The molecule has 0 unspecified atom stereocenters. The summed E-state index contributed by atoms with van der Waals surface area (Å²) in [6.07, 6.45) is 0.585. The quantitative estimate of drug-likeness (QED) is 0.762. The monoisotopic (exact) mass is 409 g/mol. The summed E-state index contributed by atoms with van der Waals surface area (Å²) in [6, 6.07) is 14.6. The van der Waals surface area contributed by atoms with Gasteiger partial charge in [-0.1, -0.05) is 41.9 Å². The third kappa shape index (κ3) is 2.49. The predicted molar refractivity (Wildman–Crippen MR) is 108 cm³/mol. The molecule has 1 spiro atoms. The van der Waals surface area contributed by atoms with Crippen molar-refractivity contribution >= 4 is 35.0 Å². The van der Waals surface area contributed by atoms with Crippen LogP contribution in [0.3, 0.4) is 0 Å². The van der Waals surface area contributed by atoms with Gasteiger partial charge in [0.1, 0.15) is 5.54 Å². The van der Waals surface area contributed by atoms with Crippen molar-refractivity contribution in [3.63, 3.8) is 0 Å². The number of imide groups is 1. The molecule has 0 saturated carbocycles. The lowest BCUT2D eigenvalue weighted by Gasteiger charge is -2.29. The van der Waals surface area contributed by atoms with Gasteiger partial charge in [-0.05, 0) is 37.1 Å². The van der Waals surface area contributed by atoms with E-state index >= 15 is 0 Å². The molecular weight excluding hydrogens is 390 g/mol. The molecule has 0 aliphatic carbocycles. The van der Waals surface area contributed by atoms with E-state index in [4.69, 9.17) is 11.6 Å². The van der Waals surface area contributed by atoms with Gasteiger partial charge in [0.2, 0.25) is 17.7 Å². The second-order valence-electron chi connectivity index (χ2n) is 7.95. The lowest BCUT2D eigenvalue weighted by Crippen LogP contribution is -2.53. The molecule has 0 aromatic heterocycles. The molecule has 0 bridgehead atoms. The van der Waals surface area contributed by atoms with E-state index in [1.165, 1.54) is 4.90 Å². The van der Waals surface area contributed by atoms with Gasteiger partial charge < -0.3 is 5.32 Å². The van der Waals surface area contributed by atoms with E-state index < -0.39 is 17.4 Å². The Kier molecular flexibility index (Phi) is 4.05. The molecule has 7 heteroatoms. The van der Waals surface area contributed by atoms with Crippen LogP contribution in [0.2, 0.25) is 5.02 Å². The van der Waals surface area contributed by atoms with Crippen LogP contribution in [0, 0.1) is 11.8 Å². The molecule has 6 nitrogen and oxygen atoms in total. The number of fused-ring (bicyclic) bond motifs is 4. The predicted octanol–water partition coefficient (Wildman–Crippen LogP) is 2.32. The van der Waals surface area contributed by atoms with Gasteiger partial charge >= 0.3 is 0 Å². The van der Waals surface area contributed by atoms with Crippen LogP contribution in [0.5, 0.6) is 0 Å². The fraction of sp³-hybridized carbons (Fsp3) is 0.318. The van der Waals surface area contributed by atoms with E-state index in [1.54, 1.807) is 18.2 Å². The first kappa shape index (κ1) is 18.3. The average Bonchev–Trinajstić information content (AvgIpc) is 3.26. The third-order valence-corrected chi connectivity index (χ3v) is 6.62. The zero-order chi connectivity index (χ0) is 20.3. The fourth-order valence-electron chi connectivity index (χ4n) is 5.10. The van der Waals surface area contributed by atoms with Crippen LogP contribution in [-0.4, -0.2) is 35.2 Å². The van der Waals surface area contributed by atoms with Gasteiger partial charge in [0.25, 0.3) is 0 Å². The molecule has 2 fully saturated rings. The Hall–Kier alpha value is -2.70. The lowest BCUT2D eigenvalue weighted by atomic mass is 9.76. The summed E-state index contributed by atoms with van der Waals surface area (Å²) in [4.78, 5) is 41.0. The summed E-state index contributed by atoms with van der Waals surface area (Å²) in [5.74, 6) is -2.17. The van der Waals surface area contributed by atoms with Crippen LogP contribution in [0.4, 0.5) is 5.69 Å². The minimum absolute atomic E-state index is 0.212. The third-order valence-electron chi connectivity index (χ3n) is 6.38. The smallest absolute Gasteiger partial charge is 0.250 e. The van der Waals surface area contributed by atoms with Crippen LogP contribution in [0.25, 0.3) is 0 Å². The van der Waals surface area contributed by atoms with E-state index in [1.807, 2.05) is 37.3 Å². The number of halogens is 1. The van der Waals surface area contributed by atoms with Crippen molar-refractivity contribution in [1.82, 2.24) is 10.2 Å². The summed E-state index contributed by atoms with van der Waals surface area (Å²) in [5, 5.41) is 6.62. The Labute approximate surface area is 173 Å². The SMILES string of the molecule is C[C@H]1N[C@@]2(C(=O)Nc3ccc(Cl)cc32)[C@@H]2C(=O)N(CCc3ccccc3)C(=O)[C@@H]21. The highest BCUT2D eigenvalue weighted by Crippen LogP contribution is 2.53. The normalized spacial score (nSPS) is 30.1. The van der Waals surface area contributed by atoms with Crippen LogP contribution in [0.15, 0.2) is 48.5 Å². The van der Waals surface area contributed by atoms with Crippen molar-refractivity contribution in [2.45, 2.75) is 24.9 Å². The number of anilines is 1. The maximum Gasteiger partial charge on any atom is 0.250 e. The van der Waals surface area contributed by atoms with Gasteiger partial charge in [-0.3, -0.25) is 24.6 Å². The summed E-state index contributed by atoms with van der Waals surface area (Å²) >= 11 is 6.19. The average molecular weight is 410 g/mol. The van der Waals surface area contributed by atoms with Gasteiger partial charge in [0, 0.05) is 28.9 Å². The van der Waals surface area contributed by atoms with Crippen LogP contribution >= 0.6 is 11.6 Å². The van der Waals surface area contributed by atoms with E-state index in [9.17, 15) is 14.4 Å². The first-order valence-corrected chi connectivity index (χ1v) is 10.1. The molecule has 3 amide bonds. The molecule has 3 heterocycles. The summed E-state index contributed by atoms with van der Waals surface area (Å²) in [6.45, 7) is 2.16. The molecule has 29 heavy (non-hydrogen) atoms. The maximum atomic E-state index is 13.4. The van der Waals surface area contributed by atoms with Gasteiger partial charge in [-0.2, -0.15) is 0 Å². The minimum atomic E-state index is -1.27. The standard InChI is InChI=1S/C22H20ClN3O3/c1-12-17-18(20(28)26(19(17)27)10-9-13-5-3-2-4-6-13)22(25-12)15-11-14(23)7-8-16(15)24-21(22)29/h2-8,11-12,17-18,25H,9-10H2,1H3,(H,24,29)/t12-,17-,18+,22-/m1/s1. The van der Waals surface area contributed by atoms with Crippen molar-refractivity contribution < 1.29 is 14.4 Å². The van der Waals surface area contributed by atoms with E-state index in [0.717, 1.165) is 5.56 Å². The molecule has 0 radical (unpaired) electrons. The van der Waals surface area contributed by atoms with Crippen LogP contribution in [0.1, 0.15) is 18.1 Å². The molecule has 2 N–H and O–H groups in total. The zero-order valence-electron chi connectivity index (χ0n) is 15.8. The first-order valence-electron chi connectivity index (χ1n) is 9.72. The van der Waals surface area contributed by atoms with Crippen molar-refractivity contribution in [1.29, 1.82) is 0 Å². The van der Waals surface area contributed by atoms with Gasteiger partial charge in [-0.25, -0.2) is 0 Å². The summed E-state index contributed by atoms with van der Waals surface area (Å²) in [7, 11) is 0. The van der Waals surface area contributed by atoms with Crippen molar-refractivity contribution in [3.05, 3.63) is 64.7 Å². The van der Waals surface area contributed by atoms with E-state index in [-0.39, 0.29) is 23.8 Å². The number of benzene rings is 2. The van der Waals surface area contributed by atoms with E-state index in [0.29, 0.717) is 29.2 Å². The number of rotatable bonds is 3. The highest BCUT2D eigenvalue weighted by atomic mass is 35.5. The highest BCUT2D eigenvalue weighted by molar-refractivity contribution is 6.31. The Morgan fingerprint density at radius 2 is 1.83 bits per heavy atom. The number of nitrogens with zero attached hydrogens (tertiary/aromatic N) is 1. The number of hydrogen-bond acceptors (Lipinski definition) is 4. The Balaban J connectivity index is 1.52. The maximum absolute atomic E-state index is 13.4. The van der Waals surface area contributed by atoms with Crippen molar-refractivity contribution in [2.24, 2.45) is 11.8 Å². The van der Waals surface area contributed by atoms with E-state index in [2.05, 4.69) is 10.6 Å². The molecule has 2 aromatic carbocycles. The molecular formula is C22H20ClN3O3. The number of carbonyl (C=O) groups is 3. The van der Waals surface area contributed by atoms with Crippen molar-refractivity contribution in [2.75, 3.05) is 11.9 Å².